The zero-order valence-corrected chi connectivity index (χ0v) is 16.5. The van der Waals surface area contributed by atoms with Crippen LogP contribution in [0.4, 0.5) is 17.8 Å². The molecule has 148 valence electrons. The lowest BCUT2D eigenvalue weighted by molar-refractivity contribution is 0.555. The lowest BCUT2D eigenvalue weighted by Gasteiger charge is -2.30. The SMILES string of the molecule is CN(N=Cc1cccnc1)c1nc(N2CCCCC2)nc(N2CCCCC2)n1. The van der Waals surface area contributed by atoms with Crippen molar-refractivity contribution < 1.29 is 0 Å². The van der Waals surface area contributed by atoms with Crippen LogP contribution < -0.4 is 14.8 Å². The van der Waals surface area contributed by atoms with Crippen LogP contribution in [0.3, 0.4) is 0 Å². The summed E-state index contributed by atoms with van der Waals surface area (Å²) < 4.78 is 0. The Kier molecular flexibility index (Phi) is 5.94. The van der Waals surface area contributed by atoms with Gasteiger partial charge in [0, 0.05) is 51.2 Å². The van der Waals surface area contributed by atoms with Crippen molar-refractivity contribution >= 4 is 24.1 Å². The van der Waals surface area contributed by atoms with Crippen LogP contribution in [0.25, 0.3) is 0 Å². The van der Waals surface area contributed by atoms with Crippen LogP contribution in [-0.4, -0.2) is 59.4 Å². The van der Waals surface area contributed by atoms with Gasteiger partial charge in [-0.2, -0.15) is 20.1 Å². The van der Waals surface area contributed by atoms with E-state index in [1.165, 1.54) is 38.5 Å². The van der Waals surface area contributed by atoms with Crippen LogP contribution in [0.2, 0.25) is 0 Å². The van der Waals surface area contributed by atoms with Gasteiger partial charge in [-0.25, -0.2) is 5.01 Å². The van der Waals surface area contributed by atoms with E-state index in [1.807, 2.05) is 19.2 Å². The maximum Gasteiger partial charge on any atom is 0.252 e. The Labute approximate surface area is 166 Å². The van der Waals surface area contributed by atoms with Crippen molar-refractivity contribution in [2.75, 3.05) is 48.0 Å². The van der Waals surface area contributed by atoms with Crippen molar-refractivity contribution in [3.8, 4) is 0 Å². The third-order valence-corrected chi connectivity index (χ3v) is 5.23. The van der Waals surface area contributed by atoms with Gasteiger partial charge in [-0.3, -0.25) is 4.98 Å². The minimum atomic E-state index is 0.580. The normalized spacial score (nSPS) is 17.9. The highest BCUT2D eigenvalue weighted by atomic mass is 15.5. The van der Waals surface area contributed by atoms with Gasteiger partial charge in [0.15, 0.2) is 0 Å². The first-order chi connectivity index (χ1) is 13.8. The number of piperidine rings is 2. The largest absolute Gasteiger partial charge is 0.341 e. The summed E-state index contributed by atoms with van der Waals surface area (Å²) in [5, 5.41) is 6.23. The van der Waals surface area contributed by atoms with Crippen LogP contribution in [0.5, 0.6) is 0 Å². The lowest BCUT2D eigenvalue weighted by atomic mass is 10.1. The molecule has 0 aromatic carbocycles. The minimum Gasteiger partial charge on any atom is -0.341 e. The van der Waals surface area contributed by atoms with E-state index in [1.54, 1.807) is 23.6 Å². The second-order valence-corrected chi connectivity index (χ2v) is 7.39. The molecule has 2 fully saturated rings. The van der Waals surface area contributed by atoms with Gasteiger partial charge in [0.25, 0.3) is 5.95 Å². The van der Waals surface area contributed by atoms with Crippen LogP contribution in [0.1, 0.15) is 44.1 Å². The van der Waals surface area contributed by atoms with Crippen LogP contribution in [0.15, 0.2) is 29.6 Å². The number of anilines is 3. The molecule has 0 bridgehead atoms. The average Bonchev–Trinajstić information content (AvgIpc) is 2.79. The van der Waals surface area contributed by atoms with Crippen molar-refractivity contribution in [2.24, 2.45) is 5.10 Å². The second-order valence-electron chi connectivity index (χ2n) is 7.39. The summed E-state index contributed by atoms with van der Waals surface area (Å²) in [6.45, 7) is 4.02. The highest BCUT2D eigenvalue weighted by Gasteiger charge is 2.21. The molecule has 0 radical (unpaired) electrons. The zero-order chi connectivity index (χ0) is 19.2. The number of pyridine rings is 1. The van der Waals surface area contributed by atoms with E-state index in [-0.39, 0.29) is 0 Å². The van der Waals surface area contributed by atoms with Gasteiger partial charge >= 0.3 is 0 Å². The van der Waals surface area contributed by atoms with Gasteiger partial charge in [0.1, 0.15) is 0 Å². The molecule has 28 heavy (non-hydrogen) atoms. The van der Waals surface area contributed by atoms with E-state index < -0.39 is 0 Å². The molecule has 8 nitrogen and oxygen atoms in total. The van der Waals surface area contributed by atoms with Crippen molar-refractivity contribution in [3.05, 3.63) is 30.1 Å². The summed E-state index contributed by atoms with van der Waals surface area (Å²) in [5.74, 6) is 2.12. The second kappa shape index (κ2) is 8.95. The summed E-state index contributed by atoms with van der Waals surface area (Å²) in [5.41, 5.74) is 0.941. The topological polar surface area (TPSA) is 73.6 Å². The van der Waals surface area contributed by atoms with Gasteiger partial charge in [0.2, 0.25) is 11.9 Å². The first-order valence-electron chi connectivity index (χ1n) is 10.2. The maximum atomic E-state index is 4.82. The van der Waals surface area contributed by atoms with Crippen LogP contribution in [-0.2, 0) is 0 Å². The van der Waals surface area contributed by atoms with Crippen molar-refractivity contribution in [3.63, 3.8) is 0 Å². The fourth-order valence-corrected chi connectivity index (χ4v) is 3.62. The monoisotopic (exact) mass is 380 g/mol. The molecule has 2 aliphatic rings. The van der Waals surface area contributed by atoms with Crippen molar-refractivity contribution in [2.45, 2.75) is 38.5 Å². The summed E-state index contributed by atoms with van der Waals surface area (Å²) in [4.78, 5) is 23.0. The molecule has 0 unspecified atom stereocenters. The smallest absolute Gasteiger partial charge is 0.252 e. The van der Waals surface area contributed by atoms with E-state index >= 15 is 0 Å². The fourth-order valence-electron chi connectivity index (χ4n) is 3.62. The maximum absolute atomic E-state index is 4.82. The highest BCUT2D eigenvalue weighted by molar-refractivity contribution is 5.79. The molecule has 2 aromatic rings. The van der Waals surface area contributed by atoms with E-state index in [2.05, 4.69) is 19.9 Å². The van der Waals surface area contributed by atoms with E-state index in [9.17, 15) is 0 Å². The molecule has 0 spiro atoms. The first kappa shape index (κ1) is 18.6. The van der Waals surface area contributed by atoms with Crippen molar-refractivity contribution in [1.82, 2.24) is 19.9 Å². The highest BCUT2D eigenvalue weighted by Crippen LogP contribution is 2.23. The molecule has 0 atom stereocenters. The van der Waals surface area contributed by atoms with Crippen molar-refractivity contribution in [1.29, 1.82) is 0 Å². The average molecular weight is 381 g/mol. The van der Waals surface area contributed by atoms with Gasteiger partial charge in [-0.15, -0.1) is 0 Å². The Hall–Kier alpha value is -2.77. The molecule has 2 saturated heterocycles. The Morgan fingerprint density at radius 3 is 2.04 bits per heavy atom. The third kappa shape index (κ3) is 4.55. The molecule has 0 aliphatic carbocycles. The Balaban J connectivity index is 1.61. The zero-order valence-electron chi connectivity index (χ0n) is 16.5. The molecule has 2 aromatic heterocycles. The van der Waals surface area contributed by atoms with E-state index in [4.69, 9.17) is 15.0 Å². The molecule has 4 heterocycles. The lowest BCUT2D eigenvalue weighted by Crippen LogP contribution is -2.35. The third-order valence-electron chi connectivity index (χ3n) is 5.23. The predicted octanol–water partition coefficient (Wildman–Crippen LogP) is 2.72. The Bertz CT molecular complexity index is 746. The Morgan fingerprint density at radius 2 is 1.50 bits per heavy atom. The quantitative estimate of drug-likeness (QED) is 0.583. The summed E-state index contributed by atoms with van der Waals surface area (Å²) in [6.07, 6.45) is 12.6. The number of hydrogen-bond donors (Lipinski definition) is 0. The van der Waals surface area contributed by atoms with Crippen LogP contribution in [0, 0.1) is 0 Å². The van der Waals surface area contributed by atoms with Gasteiger partial charge in [-0.05, 0) is 44.6 Å². The predicted molar refractivity (Wildman–Crippen MR) is 112 cm³/mol. The molecule has 0 saturated carbocycles. The van der Waals surface area contributed by atoms with E-state index in [0.29, 0.717) is 5.95 Å². The minimum absolute atomic E-state index is 0.580. The molecule has 4 rings (SSSR count). The van der Waals surface area contributed by atoms with Gasteiger partial charge in [0.05, 0.1) is 6.21 Å². The number of nitrogens with zero attached hydrogens (tertiary/aromatic N) is 8. The van der Waals surface area contributed by atoms with Crippen LogP contribution >= 0.6 is 0 Å². The molecule has 8 heteroatoms. The molecule has 0 amide bonds. The first-order valence-corrected chi connectivity index (χ1v) is 10.2. The molecular weight excluding hydrogens is 352 g/mol. The summed E-state index contributed by atoms with van der Waals surface area (Å²) >= 11 is 0. The molecule has 0 N–H and O–H groups in total. The summed E-state index contributed by atoms with van der Waals surface area (Å²) in [7, 11) is 1.88. The Morgan fingerprint density at radius 1 is 0.893 bits per heavy atom. The number of hydrogen-bond acceptors (Lipinski definition) is 8. The fraction of sp³-hybridized carbons (Fsp3) is 0.550. The number of aromatic nitrogens is 4. The standard InChI is InChI=1S/C20H28N8/c1-26(22-16-17-9-8-10-21-15-17)18-23-19(27-11-4-2-5-12-27)25-20(24-18)28-13-6-3-7-14-28/h8-10,15-16H,2-7,11-14H2,1H3. The number of hydrazone groups is 1. The van der Waals surface area contributed by atoms with Gasteiger partial charge in [-0.1, -0.05) is 6.07 Å². The van der Waals surface area contributed by atoms with E-state index in [0.717, 1.165) is 43.6 Å². The molecular formula is C20H28N8. The summed E-state index contributed by atoms with van der Waals surface area (Å²) in [6, 6.07) is 3.86. The molecule has 2 aliphatic heterocycles. The van der Waals surface area contributed by atoms with Gasteiger partial charge < -0.3 is 9.80 Å². The number of rotatable bonds is 5.